The lowest BCUT2D eigenvalue weighted by Gasteiger charge is -2.06. The van der Waals surface area contributed by atoms with Crippen LogP contribution in [0.25, 0.3) is 22.4 Å². The van der Waals surface area contributed by atoms with E-state index in [9.17, 15) is 9.59 Å². The minimum absolute atomic E-state index is 0.318. The van der Waals surface area contributed by atoms with Gasteiger partial charge in [0.1, 0.15) is 11.6 Å². The molecule has 0 aliphatic carbocycles. The Hall–Kier alpha value is -3.71. The second kappa shape index (κ2) is 8.12. The highest BCUT2D eigenvalue weighted by Gasteiger charge is 2.13. The fourth-order valence-electron chi connectivity index (χ4n) is 2.71. The molecule has 4 rings (SSSR count). The molecular weight excluding hydrogens is 392 g/mol. The molecule has 0 fully saturated rings. The Morgan fingerprint density at radius 2 is 1.90 bits per heavy atom. The number of aromatic amines is 1. The maximum atomic E-state index is 12.3. The number of aromatic nitrogens is 3. The number of anilines is 1. The molecule has 144 valence electrons. The molecule has 2 heterocycles. The number of fused-ring (bicyclic) bond motifs is 1. The number of nitrogens with one attached hydrogen (secondary N) is 2. The minimum atomic E-state index is -0.609. The van der Waals surface area contributed by atoms with Gasteiger partial charge in [-0.15, -0.1) is 0 Å². The maximum absolute atomic E-state index is 12.3. The molecule has 0 saturated carbocycles. The number of carbonyl (C=O) groups excluding carboxylic acids is 2. The van der Waals surface area contributed by atoms with Crippen LogP contribution in [0.2, 0.25) is 5.02 Å². The van der Waals surface area contributed by atoms with Gasteiger partial charge in [0.25, 0.3) is 5.91 Å². The monoisotopic (exact) mass is 406 g/mol. The number of rotatable bonds is 5. The van der Waals surface area contributed by atoms with Crippen LogP contribution in [-0.2, 0) is 9.53 Å². The van der Waals surface area contributed by atoms with E-state index in [4.69, 9.17) is 16.3 Å². The molecule has 8 heteroatoms. The van der Waals surface area contributed by atoms with Gasteiger partial charge in [0.15, 0.2) is 6.61 Å². The number of esters is 1. The summed E-state index contributed by atoms with van der Waals surface area (Å²) in [5, 5.41) is 2.98. The Kier molecular flexibility index (Phi) is 5.22. The lowest BCUT2D eigenvalue weighted by molar-refractivity contribution is -0.119. The average Bonchev–Trinajstić information content (AvgIpc) is 3.18. The van der Waals surface area contributed by atoms with Gasteiger partial charge in [-0.25, -0.2) is 14.8 Å². The second-order valence-corrected chi connectivity index (χ2v) is 6.61. The molecule has 0 saturated heterocycles. The zero-order valence-corrected chi connectivity index (χ0v) is 15.8. The van der Waals surface area contributed by atoms with Crippen molar-refractivity contribution in [1.82, 2.24) is 15.0 Å². The van der Waals surface area contributed by atoms with Gasteiger partial charge in [-0.1, -0.05) is 41.9 Å². The van der Waals surface area contributed by atoms with Crippen molar-refractivity contribution in [3.63, 3.8) is 0 Å². The normalized spacial score (nSPS) is 10.7. The summed E-state index contributed by atoms with van der Waals surface area (Å²) in [6.45, 7) is -0.431. The Bertz CT molecular complexity index is 1170. The fraction of sp³-hybridized carbons (Fsp3) is 0.0476. The number of benzene rings is 2. The highest BCUT2D eigenvalue weighted by molar-refractivity contribution is 6.30. The molecular formula is C21H15ClN4O3. The predicted octanol–water partition coefficient (Wildman–Crippen LogP) is 4.07. The van der Waals surface area contributed by atoms with Crippen LogP contribution in [-0.4, -0.2) is 33.4 Å². The summed E-state index contributed by atoms with van der Waals surface area (Å²) in [6.07, 6.45) is 1.41. The minimum Gasteiger partial charge on any atom is -0.452 e. The first-order chi connectivity index (χ1) is 14.1. The maximum Gasteiger partial charge on any atom is 0.338 e. The number of ether oxygens (including phenoxy) is 1. The first-order valence-electron chi connectivity index (χ1n) is 8.72. The number of halogens is 1. The topological polar surface area (TPSA) is 97.0 Å². The zero-order valence-electron chi connectivity index (χ0n) is 15.1. The molecule has 2 aromatic carbocycles. The molecule has 1 amide bonds. The summed E-state index contributed by atoms with van der Waals surface area (Å²) in [6, 6.07) is 17.8. The van der Waals surface area contributed by atoms with Gasteiger partial charge < -0.3 is 15.0 Å². The van der Waals surface area contributed by atoms with Crippen molar-refractivity contribution in [2.75, 3.05) is 11.9 Å². The fourth-order valence-corrected chi connectivity index (χ4v) is 2.82. The number of carbonyl (C=O) groups is 2. The third-order valence-electron chi connectivity index (χ3n) is 4.09. The highest BCUT2D eigenvalue weighted by atomic mass is 35.5. The Morgan fingerprint density at radius 3 is 2.66 bits per heavy atom. The SMILES string of the molecule is O=C(COC(=O)c1ccc2nc(-c3ccccc3)[nH]c2c1)Nc1ccc(Cl)cn1. The standard InChI is InChI=1S/C21H15ClN4O3/c22-15-7-9-18(23-11-15)26-19(27)12-29-21(28)14-6-8-16-17(10-14)25-20(24-16)13-4-2-1-3-5-13/h1-11H,12H2,(H,24,25)(H,23,26,27). The molecule has 0 spiro atoms. The lowest BCUT2D eigenvalue weighted by Crippen LogP contribution is -2.21. The summed E-state index contributed by atoms with van der Waals surface area (Å²) >= 11 is 5.74. The Morgan fingerprint density at radius 1 is 1.07 bits per heavy atom. The van der Waals surface area contributed by atoms with Gasteiger partial charge in [-0.2, -0.15) is 0 Å². The number of H-pyrrole nitrogens is 1. The van der Waals surface area contributed by atoms with Crippen molar-refractivity contribution in [2.45, 2.75) is 0 Å². The third kappa shape index (κ3) is 4.41. The van der Waals surface area contributed by atoms with Crippen LogP contribution in [0.15, 0.2) is 66.9 Å². The number of nitrogens with zero attached hydrogens (tertiary/aromatic N) is 2. The van der Waals surface area contributed by atoms with Gasteiger partial charge in [-0.3, -0.25) is 4.79 Å². The van der Waals surface area contributed by atoms with E-state index in [-0.39, 0.29) is 0 Å². The molecule has 7 nitrogen and oxygen atoms in total. The molecule has 29 heavy (non-hydrogen) atoms. The van der Waals surface area contributed by atoms with E-state index >= 15 is 0 Å². The van der Waals surface area contributed by atoms with Gasteiger partial charge >= 0.3 is 5.97 Å². The third-order valence-corrected chi connectivity index (χ3v) is 4.32. The van der Waals surface area contributed by atoms with E-state index in [1.165, 1.54) is 6.20 Å². The number of hydrogen-bond acceptors (Lipinski definition) is 5. The molecule has 0 atom stereocenters. The van der Waals surface area contributed by atoms with Crippen molar-refractivity contribution in [3.05, 3.63) is 77.4 Å². The van der Waals surface area contributed by atoms with Crippen molar-refractivity contribution in [2.24, 2.45) is 0 Å². The smallest absolute Gasteiger partial charge is 0.338 e. The van der Waals surface area contributed by atoms with E-state index in [1.54, 1.807) is 30.3 Å². The van der Waals surface area contributed by atoms with E-state index in [0.29, 0.717) is 27.7 Å². The van der Waals surface area contributed by atoms with Gasteiger partial charge in [0, 0.05) is 11.8 Å². The van der Waals surface area contributed by atoms with Crippen molar-refractivity contribution >= 4 is 40.3 Å². The van der Waals surface area contributed by atoms with Crippen LogP contribution < -0.4 is 5.32 Å². The van der Waals surface area contributed by atoms with Crippen LogP contribution in [0.4, 0.5) is 5.82 Å². The average molecular weight is 407 g/mol. The first kappa shape index (κ1) is 18.6. The van der Waals surface area contributed by atoms with E-state index < -0.39 is 18.5 Å². The van der Waals surface area contributed by atoms with Crippen LogP contribution in [0, 0.1) is 0 Å². The van der Waals surface area contributed by atoms with Crippen molar-refractivity contribution in [3.8, 4) is 11.4 Å². The van der Waals surface area contributed by atoms with Gasteiger partial charge in [-0.05, 0) is 30.3 Å². The summed E-state index contributed by atoms with van der Waals surface area (Å²) < 4.78 is 5.09. The summed E-state index contributed by atoms with van der Waals surface area (Å²) in [5.74, 6) is -0.0761. The molecule has 0 aliphatic rings. The van der Waals surface area contributed by atoms with Gasteiger partial charge in [0.2, 0.25) is 0 Å². The van der Waals surface area contributed by atoms with Crippen molar-refractivity contribution < 1.29 is 14.3 Å². The largest absolute Gasteiger partial charge is 0.452 e. The number of imidazole rings is 1. The van der Waals surface area contributed by atoms with Crippen LogP contribution in [0.3, 0.4) is 0 Å². The number of pyridine rings is 1. The van der Waals surface area contributed by atoms with Gasteiger partial charge in [0.05, 0.1) is 21.6 Å². The second-order valence-electron chi connectivity index (χ2n) is 6.17. The van der Waals surface area contributed by atoms with Crippen LogP contribution >= 0.6 is 11.6 Å². The molecule has 0 radical (unpaired) electrons. The summed E-state index contributed by atoms with van der Waals surface area (Å²) in [7, 11) is 0. The number of hydrogen-bond donors (Lipinski definition) is 2. The Balaban J connectivity index is 1.41. The quantitative estimate of drug-likeness (QED) is 0.487. The van der Waals surface area contributed by atoms with E-state index in [0.717, 1.165) is 11.1 Å². The molecule has 0 aliphatic heterocycles. The molecule has 0 bridgehead atoms. The molecule has 0 unspecified atom stereocenters. The predicted molar refractivity (Wildman–Crippen MR) is 110 cm³/mol. The molecule has 2 N–H and O–H groups in total. The zero-order chi connectivity index (χ0) is 20.2. The molecule has 2 aromatic heterocycles. The summed E-state index contributed by atoms with van der Waals surface area (Å²) in [4.78, 5) is 35.9. The first-order valence-corrected chi connectivity index (χ1v) is 9.10. The highest BCUT2D eigenvalue weighted by Crippen LogP contribution is 2.21. The number of amides is 1. The van der Waals surface area contributed by atoms with Crippen LogP contribution in [0.5, 0.6) is 0 Å². The molecule has 4 aromatic rings. The summed E-state index contributed by atoms with van der Waals surface area (Å²) in [5.41, 5.74) is 2.69. The Labute approximate surface area is 170 Å². The van der Waals surface area contributed by atoms with Crippen molar-refractivity contribution in [1.29, 1.82) is 0 Å². The van der Waals surface area contributed by atoms with E-state index in [2.05, 4.69) is 20.3 Å². The van der Waals surface area contributed by atoms with E-state index in [1.807, 2.05) is 30.3 Å². The lowest BCUT2D eigenvalue weighted by atomic mass is 10.2. The van der Waals surface area contributed by atoms with Crippen LogP contribution in [0.1, 0.15) is 10.4 Å².